The zero-order valence-electron chi connectivity index (χ0n) is 30.8. The molecule has 0 saturated carbocycles. The lowest BCUT2D eigenvalue weighted by Crippen LogP contribution is -2.30. The Morgan fingerprint density at radius 2 is 1.09 bits per heavy atom. The van der Waals surface area contributed by atoms with Gasteiger partial charge < -0.3 is 20.0 Å². The Hall–Kier alpha value is -5.01. The van der Waals surface area contributed by atoms with Crippen molar-refractivity contribution in [3.63, 3.8) is 0 Å². The van der Waals surface area contributed by atoms with Crippen LogP contribution in [0.25, 0.3) is 55.7 Å². The van der Waals surface area contributed by atoms with Gasteiger partial charge in [0.1, 0.15) is 11.0 Å². The third-order valence-corrected chi connectivity index (χ3v) is 10.2. The average molecular weight is 729 g/mol. The van der Waals surface area contributed by atoms with Gasteiger partial charge in [-0.15, -0.1) is 0 Å². The molecule has 2 saturated heterocycles. The number of anilines is 1. The molecule has 1 N–H and O–H groups in total. The van der Waals surface area contributed by atoms with Crippen LogP contribution in [0.2, 0.25) is 5.15 Å². The number of likely N-dealkylation sites (N-methyl/N-ethyl adjacent to an activating group) is 2. The molecule has 0 amide bonds. The molecule has 0 radical (unpaired) electrons. The fraction of sp³-hybridized carbons (Fsp3) is 0.350. The Labute approximate surface area is 313 Å². The summed E-state index contributed by atoms with van der Waals surface area (Å²) in [6, 6.07) is 24.1. The summed E-state index contributed by atoms with van der Waals surface area (Å²) in [5.41, 5.74) is 10.8. The number of benzene rings is 2. The largest absolute Gasteiger partial charge is 0.352 e. The van der Waals surface area contributed by atoms with E-state index in [1.165, 1.54) is 26.1 Å². The summed E-state index contributed by atoms with van der Waals surface area (Å²) >= 11 is 6.23. The van der Waals surface area contributed by atoms with E-state index >= 15 is 0 Å². The Balaban J connectivity index is 0.000000129. The lowest BCUT2D eigenvalue weighted by atomic mass is 10.3. The van der Waals surface area contributed by atoms with Gasteiger partial charge in [-0.1, -0.05) is 35.9 Å². The zero-order valence-corrected chi connectivity index (χ0v) is 31.6. The van der Waals surface area contributed by atoms with E-state index < -0.39 is 0 Å². The number of nitrogens with zero attached hydrogens (tertiary/aromatic N) is 11. The summed E-state index contributed by atoms with van der Waals surface area (Å²) in [6.45, 7) is 12.9. The van der Waals surface area contributed by atoms with Crippen LogP contribution in [0.5, 0.6) is 0 Å². The molecule has 8 heterocycles. The molecule has 53 heavy (non-hydrogen) atoms. The standard InChI is InChI=1S/C20H22N6.C14H9ClN4.C6H14N2/c1-14-8-9-16-18(21-14)26-17-7-4-3-6-15(17)22-20(26)19(23-16)25-11-5-10-24(2)12-13-25;1-8-6-7-10-13(16-8)19-11-5-3-2-4-9(11)18-14(19)12(15)17-10;1-8-5-2-3-7-4-6-8/h3-4,6-9H,5,10-13H2,1-2H3;2-7H,1H3;7H,2-6H2,1H3. The molecule has 2 aliphatic rings. The summed E-state index contributed by atoms with van der Waals surface area (Å²) in [6.07, 6.45) is 2.44. The smallest absolute Gasteiger partial charge is 0.183 e. The van der Waals surface area contributed by atoms with Gasteiger partial charge in [0, 0.05) is 44.1 Å². The number of rotatable bonds is 1. The number of hydrogen-bond acceptors (Lipinski definition) is 10. The summed E-state index contributed by atoms with van der Waals surface area (Å²) in [5, 5.41) is 3.73. The van der Waals surface area contributed by atoms with Crippen LogP contribution in [0.4, 0.5) is 5.82 Å². The molecule has 2 aromatic carbocycles. The van der Waals surface area contributed by atoms with Gasteiger partial charge in [-0.2, -0.15) is 0 Å². The van der Waals surface area contributed by atoms with Crippen molar-refractivity contribution >= 4 is 73.1 Å². The van der Waals surface area contributed by atoms with Crippen LogP contribution in [0.15, 0.2) is 72.8 Å². The van der Waals surface area contributed by atoms with E-state index in [9.17, 15) is 0 Å². The van der Waals surface area contributed by atoms with Gasteiger partial charge in [0.25, 0.3) is 0 Å². The molecule has 10 rings (SSSR count). The van der Waals surface area contributed by atoms with E-state index in [2.05, 4.69) is 77.7 Å². The zero-order chi connectivity index (χ0) is 36.5. The summed E-state index contributed by atoms with van der Waals surface area (Å²) in [5.74, 6) is 0.967. The quantitative estimate of drug-likeness (QED) is 0.211. The molecule has 12 nitrogen and oxygen atoms in total. The van der Waals surface area contributed by atoms with Crippen molar-refractivity contribution in [3.05, 3.63) is 89.3 Å². The molecule has 272 valence electrons. The number of aryl methyl sites for hydroxylation is 2. The second kappa shape index (κ2) is 15.2. The molecular formula is C40H45ClN12. The van der Waals surface area contributed by atoms with E-state index in [1.807, 2.05) is 66.8 Å². The van der Waals surface area contributed by atoms with Crippen molar-refractivity contribution in [3.8, 4) is 0 Å². The number of imidazole rings is 2. The minimum absolute atomic E-state index is 0.398. The molecule has 13 heteroatoms. The molecule has 0 unspecified atom stereocenters. The highest BCUT2D eigenvalue weighted by Gasteiger charge is 2.21. The monoisotopic (exact) mass is 728 g/mol. The van der Waals surface area contributed by atoms with Crippen molar-refractivity contribution in [1.29, 1.82) is 0 Å². The molecular weight excluding hydrogens is 684 g/mol. The number of fused-ring (bicyclic) bond motifs is 10. The number of halogens is 1. The van der Waals surface area contributed by atoms with Gasteiger partial charge in [0.05, 0.1) is 22.1 Å². The third-order valence-electron chi connectivity index (χ3n) is 9.94. The van der Waals surface area contributed by atoms with Gasteiger partial charge in [-0.05, 0) is 109 Å². The summed E-state index contributed by atoms with van der Waals surface area (Å²) in [7, 11) is 4.36. The van der Waals surface area contributed by atoms with Crippen LogP contribution in [-0.2, 0) is 0 Å². The Morgan fingerprint density at radius 1 is 0.509 bits per heavy atom. The number of nitrogens with one attached hydrogen (secondary N) is 1. The highest BCUT2D eigenvalue weighted by atomic mass is 35.5. The van der Waals surface area contributed by atoms with Crippen molar-refractivity contribution in [2.75, 3.05) is 71.4 Å². The second-order valence-corrected chi connectivity index (χ2v) is 14.4. The Morgan fingerprint density at radius 3 is 1.79 bits per heavy atom. The number of para-hydroxylation sites is 4. The van der Waals surface area contributed by atoms with Gasteiger partial charge in [0.15, 0.2) is 33.6 Å². The van der Waals surface area contributed by atoms with Crippen LogP contribution >= 0.6 is 11.6 Å². The van der Waals surface area contributed by atoms with Crippen LogP contribution in [0.3, 0.4) is 0 Å². The molecule has 0 atom stereocenters. The first-order chi connectivity index (χ1) is 25.8. The summed E-state index contributed by atoms with van der Waals surface area (Å²) < 4.78 is 4.14. The highest BCUT2D eigenvalue weighted by molar-refractivity contribution is 6.33. The van der Waals surface area contributed by atoms with Crippen LogP contribution < -0.4 is 10.2 Å². The van der Waals surface area contributed by atoms with E-state index in [0.717, 1.165) is 106 Å². The predicted molar refractivity (Wildman–Crippen MR) is 215 cm³/mol. The maximum atomic E-state index is 6.23. The molecule has 2 fully saturated rings. The molecule has 0 aliphatic carbocycles. The van der Waals surface area contributed by atoms with Gasteiger partial charge in [-0.25, -0.2) is 29.9 Å². The topological polar surface area (TPSA) is 108 Å². The second-order valence-electron chi connectivity index (χ2n) is 14.0. The molecule has 8 aromatic rings. The first-order valence-electron chi connectivity index (χ1n) is 18.4. The number of pyridine rings is 2. The lowest BCUT2D eigenvalue weighted by Gasteiger charge is -2.22. The Bertz CT molecular complexity index is 2550. The predicted octanol–water partition coefficient (Wildman–Crippen LogP) is 6.19. The minimum atomic E-state index is 0.398. The van der Waals surface area contributed by atoms with Gasteiger partial charge in [-0.3, -0.25) is 8.80 Å². The fourth-order valence-corrected chi connectivity index (χ4v) is 7.33. The minimum Gasteiger partial charge on any atom is -0.352 e. The summed E-state index contributed by atoms with van der Waals surface area (Å²) in [4.78, 5) is 35.3. The molecule has 0 spiro atoms. The molecule has 2 aliphatic heterocycles. The van der Waals surface area contributed by atoms with Crippen LogP contribution in [0.1, 0.15) is 24.2 Å². The van der Waals surface area contributed by atoms with Crippen molar-refractivity contribution in [2.24, 2.45) is 0 Å². The van der Waals surface area contributed by atoms with Crippen molar-refractivity contribution < 1.29 is 0 Å². The van der Waals surface area contributed by atoms with E-state index in [4.69, 9.17) is 26.6 Å². The van der Waals surface area contributed by atoms with Crippen molar-refractivity contribution in [2.45, 2.75) is 26.7 Å². The van der Waals surface area contributed by atoms with Gasteiger partial charge >= 0.3 is 0 Å². The van der Waals surface area contributed by atoms with E-state index in [0.29, 0.717) is 10.8 Å². The fourth-order valence-electron chi connectivity index (χ4n) is 7.12. The number of aromatic nitrogens is 8. The van der Waals surface area contributed by atoms with Crippen LogP contribution in [0, 0.1) is 13.8 Å². The first kappa shape index (κ1) is 35.0. The van der Waals surface area contributed by atoms with Crippen LogP contribution in [-0.4, -0.2) is 115 Å². The SMILES string of the molecule is CN1CCCNCC1.Cc1ccc2nc(Cl)c3nc4ccccc4n3c2n1.Cc1ccc2nc(N3CCCN(C)CC3)c3nc4ccccc4n3c2n1. The highest BCUT2D eigenvalue weighted by Crippen LogP contribution is 2.29. The van der Waals surface area contributed by atoms with Crippen molar-refractivity contribution in [1.82, 2.24) is 53.8 Å². The van der Waals surface area contributed by atoms with E-state index in [1.54, 1.807) is 0 Å². The average Bonchev–Trinajstić information content (AvgIpc) is 3.56. The molecule has 6 aromatic heterocycles. The molecule has 0 bridgehead atoms. The normalized spacial score (nSPS) is 16.1. The first-order valence-corrected chi connectivity index (χ1v) is 18.8. The van der Waals surface area contributed by atoms with Gasteiger partial charge in [0.2, 0.25) is 0 Å². The number of hydrogen-bond donors (Lipinski definition) is 1. The maximum absolute atomic E-state index is 6.23. The third kappa shape index (κ3) is 7.19. The Kier molecular flexibility index (Phi) is 10.0. The van der Waals surface area contributed by atoms with E-state index in [-0.39, 0.29) is 0 Å². The lowest BCUT2D eigenvalue weighted by molar-refractivity contribution is 0.358. The maximum Gasteiger partial charge on any atom is 0.183 e.